The summed E-state index contributed by atoms with van der Waals surface area (Å²) in [6.45, 7) is 4.26. The third kappa shape index (κ3) is 1.81. The summed E-state index contributed by atoms with van der Waals surface area (Å²) >= 11 is 0. The second kappa shape index (κ2) is 4.00. The fourth-order valence-corrected chi connectivity index (χ4v) is 2.12. The number of carboxylic acid groups (broad SMARTS) is 1. The lowest BCUT2D eigenvalue weighted by atomic mass is 10.1. The molecule has 0 saturated heterocycles. The predicted molar refractivity (Wildman–Crippen MR) is 63.9 cm³/mol. The van der Waals surface area contributed by atoms with Gasteiger partial charge in [-0.05, 0) is 38.1 Å². The summed E-state index contributed by atoms with van der Waals surface area (Å²) in [4.78, 5) is 13.0. The number of rotatable bonds is 2. The van der Waals surface area contributed by atoms with E-state index in [9.17, 15) is 4.79 Å². The van der Waals surface area contributed by atoms with Gasteiger partial charge in [0.2, 0.25) is 0 Å². The van der Waals surface area contributed by atoms with Crippen LogP contribution in [0.5, 0.6) is 0 Å². The van der Waals surface area contributed by atoms with Crippen LogP contribution in [0, 0.1) is 0 Å². The van der Waals surface area contributed by atoms with Crippen molar-refractivity contribution in [2.75, 3.05) is 4.90 Å². The van der Waals surface area contributed by atoms with Crippen molar-refractivity contribution in [2.24, 2.45) is 0 Å². The maximum Gasteiger partial charge on any atom is 0.335 e. The molecule has 0 fully saturated rings. The average molecular weight is 217 g/mol. The van der Waals surface area contributed by atoms with E-state index in [1.54, 1.807) is 12.1 Å². The first-order chi connectivity index (χ1) is 7.59. The van der Waals surface area contributed by atoms with E-state index >= 15 is 0 Å². The van der Waals surface area contributed by atoms with Crippen LogP contribution in [-0.2, 0) is 0 Å². The Morgan fingerprint density at radius 3 is 2.06 bits per heavy atom. The largest absolute Gasteiger partial charge is 0.478 e. The van der Waals surface area contributed by atoms with Gasteiger partial charge in [-0.3, -0.25) is 0 Å². The van der Waals surface area contributed by atoms with Crippen molar-refractivity contribution in [3.05, 3.63) is 42.0 Å². The number of nitrogens with zero attached hydrogens (tertiary/aromatic N) is 1. The highest BCUT2D eigenvalue weighted by Gasteiger charge is 2.22. The molecular formula is C13H15NO2. The quantitative estimate of drug-likeness (QED) is 0.774. The lowest BCUT2D eigenvalue weighted by Gasteiger charge is -2.28. The van der Waals surface area contributed by atoms with E-state index in [1.165, 1.54) is 0 Å². The monoisotopic (exact) mass is 217 g/mol. The minimum Gasteiger partial charge on any atom is -0.478 e. The molecule has 3 nitrogen and oxygen atoms in total. The van der Waals surface area contributed by atoms with Crippen LogP contribution in [0.2, 0.25) is 0 Å². The first-order valence-electron chi connectivity index (χ1n) is 5.39. The lowest BCUT2D eigenvalue weighted by Crippen LogP contribution is -2.33. The van der Waals surface area contributed by atoms with Crippen molar-refractivity contribution in [3.63, 3.8) is 0 Å². The van der Waals surface area contributed by atoms with Gasteiger partial charge in [0.15, 0.2) is 0 Å². The molecule has 0 bridgehead atoms. The van der Waals surface area contributed by atoms with Crippen LogP contribution in [0.1, 0.15) is 24.2 Å². The summed E-state index contributed by atoms with van der Waals surface area (Å²) in [6, 6.07) is 7.76. The second-order valence-electron chi connectivity index (χ2n) is 4.13. The molecule has 84 valence electrons. The first kappa shape index (κ1) is 10.7. The predicted octanol–water partition coefficient (Wildman–Crippen LogP) is 2.54. The summed E-state index contributed by atoms with van der Waals surface area (Å²) in [7, 11) is 0. The molecule has 3 heteroatoms. The molecule has 0 saturated carbocycles. The molecule has 0 spiro atoms. The maximum absolute atomic E-state index is 10.7. The number of carbonyl (C=O) groups is 1. The summed E-state index contributed by atoms with van der Waals surface area (Å²) in [5.74, 6) is -0.882. The number of hydrogen-bond donors (Lipinski definition) is 1. The fourth-order valence-electron chi connectivity index (χ4n) is 2.12. The van der Waals surface area contributed by atoms with Crippen molar-refractivity contribution in [3.8, 4) is 0 Å². The number of anilines is 1. The molecule has 2 atom stereocenters. The molecule has 2 unspecified atom stereocenters. The Hall–Kier alpha value is -1.77. The Balaban J connectivity index is 2.25. The number of benzene rings is 1. The van der Waals surface area contributed by atoms with Crippen LogP contribution in [0.25, 0.3) is 0 Å². The van der Waals surface area contributed by atoms with Gasteiger partial charge in [-0.15, -0.1) is 0 Å². The van der Waals surface area contributed by atoms with Gasteiger partial charge in [-0.25, -0.2) is 4.79 Å². The second-order valence-corrected chi connectivity index (χ2v) is 4.13. The summed E-state index contributed by atoms with van der Waals surface area (Å²) in [5, 5.41) is 8.82. The van der Waals surface area contributed by atoms with Crippen LogP contribution in [0.15, 0.2) is 36.4 Å². The number of aromatic carboxylic acids is 1. The molecule has 2 rings (SSSR count). The Bertz CT molecular complexity index is 410. The molecule has 1 aromatic rings. The van der Waals surface area contributed by atoms with Gasteiger partial charge in [-0.1, -0.05) is 12.2 Å². The van der Waals surface area contributed by atoms with Crippen molar-refractivity contribution in [1.82, 2.24) is 0 Å². The van der Waals surface area contributed by atoms with Crippen LogP contribution >= 0.6 is 0 Å². The topological polar surface area (TPSA) is 40.5 Å². The highest BCUT2D eigenvalue weighted by Crippen LogP contribution is 2.25. The molecule has 1 N–H and O–H groups in total. The van der Waals surface area contributed by atoms with Gasteiger partial charge in [-0.2, -0.15) is 0 Å². The zero-order chi connectivity index (χ0) is 11.7. The molecule has 1 heterocycles. The van der Waals surface area contributed by atoms with Gasteiger partial charge in [0.25, 0.3) is 0 Å². The Labute approximate surface area is 95.0 Å². The summed E-state index contributed by atoms with van der Waals surface area (Å²) < 4.78 is 0. The summed E-state index contributed by atoms with van der Waals surface area (Å²) in [6.07, 6.45) is 4.32. The molecule has 0 amide bonds. The molecule has 0 aromatic heterocycles. The van der Waals surface area contributed by atoms with E-state index in [0.29, 0.717) is 17.6 Å². The van der Waals surface area contributed by atoms with E-state index in [2.05, 4.69) is 30.9 Å². The Morgan fingerprint density at radius 1 is 1.12 bits per heavy atom. The van der Waals surface area contributed by atoms with Gasteiger partial charge >= 0.3 is 5.97 Å². The summed E-state index contributed by atoms with van der Waals surface area (Å²) in [5.41, 5.74) is 1.39. The minimum absolute atomic E-state index is 0.330. The molecular weight excluding hydrogens is 202 g/mol. The van der Waals surface area contributed by atoms with Crippen LogP contribution in [-0.4, -0.2) is 23.2 Å². The highest BCUT2D eigenvalue weighted by atomic mass is 16.4. The van der Waals surface area contributed by atoms with Gasteiger partial charge in [0.05, 0.1) is 5.56 Å². The van der Waals surface area contributed by atoms with E-state index in [4.69, 9.17) is 5.11 Å². The van der Waals surface area contributed by atoms with E-state index in [1.807, 2.05) is 12.1 Å². The SMILES string of the molecule is CC1C=CC(C)N1c1ccc(C(=O)O)cc1. The maximum atomic E-state index is 10.7. The molecule has 0 radical (unpaired) electrons. The van der Waals surface area contributed by atoms with Crippen molar-refractivity contribution in [1.29, 1.82) is 0 Å². The highest BCUT2D eigenvalue weighted by molar-refractivity contribution is 5.88. The first-order valence-corrected chi connectivity index (χ1v) is 5.39. The van der Waals surface area contributed by atoms with Crippen molar-refractivity contribution >= 4 is 11.7 Å². The fraction of sp³-hybridized carbons (Fsp3) is 0.308. The van der Waals surface area contributed by atoms with Gasteiger partial charge in [0, 0.05) is 17.8 Å². The van der Waals surface area contributed by atoms with Crippen molar-refractivity contribution < 1.29 is 9.90 Å². The third-order valence-electron chi connectivity index (χ3n) is 2.96. The lowest BCUT2D eigenvalue weighted by molar-refractivity contribution is 0.0697. The minimum atomic E-state index is -0.882. The number of hydrogen-bond acceptors (Lipinski definition) is 2. The average Bonchev–Trinajstić information content (AvgIpc) is 2.59. The third-order valence-corrected chi connectivity index (χ3v) is 2.96. The van der Waals surface area contributed by atoms with Crippen molar-refractivity contribution in [2.45, 2.75) is 25.9 Å². The number of carboxylic acids is 1. The molecule has 1 aromatic carbocycles. The smallest absolute Gasteiger partial charge is 0.335 e. The molecule has 16 heavy (non-hydrogen) atoms. The van der Waals surface area contributed by atoms with E-state index in [-0.39, 0.29) is 0 Å². The van der Waals surface area contributed by atoms with E-state index in [0.717, 1.165) is 5.69 Å². The molecule has 0 aliphatic carbocycles. The Kier molecular flexibility index (Phi) is 2.69. The standard InChI is InChI=1S/C13H15NO2/c1-9-3-4-10(2)14(9)12-7-5-11(6-8-12)13(15)16/h3-10H,1-2H3,(H,15,16). The van der Waals surface area contributed by atoms with Gasteiger partial charge < -0.3 is 10.0 Å². The normalized spacial score (nSPS) is 23.8. The zero-order valence-corrected chi connectivity index (χ0v) is 9.42. The van der Waals surface area contributed by atoms with Crippen LogP contribution < -0.4 is 4.90 Å². The zero-order valence-electron chi connectivity index (χ0n) is 9.42. The molecule has 1 aliphatic rings. The van der Waals surface area contributed by atoms with E-state index < -0.39 is 5.97 Å². The molecule has 1 aliphatic heterocycles. The van der Waals surface area contributed by atoms with Crippen LogP contribution in [0.3, 0.4) is 0 Å². The van der Waals surface area contributed by atoms with Gasteiger partial charge in [0.1, 0.15) is 0 Å². The Morgan fingerprint density at radius 2 is 1.62 bits per heavy atom. The van der Waals surface area contributed by atoms with Crippen LogP contribution in [0.4, 0.5) is 5.69 Å².